The van der Waals surface area contributed by atoms with Crippen molar-refractivity contribution in [2.24, 2.45) is 0 Å². The molecule has 8 heteroatoms. The third-order valence-corrected chi connectivity index (χ3v) is 4.00. The molecular weight excluding hydrogens is 347 g/mol. The number of esters is 1. The Morgan fingerprint density at radius 3 is 2.63 bits per heavy atom. The molecule has 0 saturated carbocycles. The van der Waals surface area contributed by atoms with Gasteiger partial charge in [0.25, 0.3) is 0 Å². The molecule has 0 fully saturated rings. The molecule has 1 aromatic carbocycles. The number of alkyl halides is 3. The van der Waals surface area contributed by atoms with E-state index in [9.17, 15) is 18.0 Å². The first-order valence-corrected chi connectivity index (χ1v) is 6.43. The lowest BCUT2D eigenvalue weighted by molar-refractivity contribution is -0.139. The highest BCUT2D eigenvalue weighted by molar-refractivity contribution is 9.10. The van der Waals surface area contributed by atoms with Crippen molar-refractivity contribution < 1.29 is 22.7 Å². The molecule has 0 N–H and O–H groups in total. The summed E-state index contributed by atoms with van der Waals surface area (Å²) >= 11 is 2.67. The maximum absolute atomic E-state index is 12.4. The fraction of sp³-hybridized carbons (Fsp3) is 0.273. The fourth-order valence-electron chi connectivity index (χ4n) is 1.28. The molecule has 102 valence electrons. The van der Waals surface area contributed by atoms with Crippen molar-refractivity contribution in [2.45, 2.75) is 16.8 Å². The summed E-state index contributed by atoms with van der Waals surface area (Å²) in [7, 11) is 1.18. The molecule has 0 aromatic heterocycles. The predicted octanol–water partition coefficient (Wildman–Crippen LogP) is 3.65. The topological polar surface area (TPSA) is 50.1 Å². The van der Waals surface area contributed by atoms with Crippen LogP contribution in [0.15, 0.2) is 21.5 Å². The predicted molar refractivity (Wildman–Crippen MR) is 66.5 cm³/mol. The number of methoxy groups -OCH3 is 1. The van der Waals surface area contributed by atoms with Gasteiger partial charge in [0.15, 0.2) is 0 Å². The monoisotopic (exact) mass is 353 g/mol. The van der Waals surface area contributed by atoms with Crippen molar-refractivity contribution in [3.8, 4) is 6.07 Å². The van der Waals surface area contributed by atoms with E-state index in [0.29, 0.717) is 0 Å². The van der Waals surface area contributed by atoms with Gasteiger partial charge in [-0.25, -0.2) is 0 Å². The average molecular weight is 354 g/mol. The summed E-state index contributed by atoms with van der Waals surface area (Å²) in [4.78, 5) is 11.0. The highest BCUT2D eigenvalue weighted by atomic mass is 79.9. The van der Waals surface area contributed by atoms with Gasteiger partial charge < -0.3 is 4.74 Å². The number of rotatable bonds is 3. The first-order chi connectivity index (χ1) is 8.76. The Hall–Kier alpha value is -1.20. The molecule has 0 aliphatic carbocycles. The molecule has 0 bridgehead atoms. The summed E-state index contributed by atoms with van der Waals surface area (Å²) < 4.78 is 41.7. The molecule has 0 atom stereocenters. The van der Waals surface area contributed by atoms with E-state index in [4.69, 9.17) is 5.26 Å². The number of thioether (sulfide) groups is 1. The van der Waals surface area contributed by atoms with E-state index in [2.05, 4.69) is 20.7 Å². The zero-order valence-corrected chi connectivity index (χ0v) is 11.9. The van der Waals surface area contributed by atoms with Gasteiger partial charge in [-0.05, 0) is 45.4 Å². The average Bonchev–Trinajstić information content (AvgIpc) is 2.32. The van der Waals surface area contributed by atoms with Gasteiger partial charge in [-0.2, -0.15) is 18.4 Å². The first-order valence-electron chi connectivity index (χ1n) is 4.82. The van der Waals surface area contributed by atoms with Crippen LogP contribution in [0.5, 0.6) is 0 Å². The Morgan fingerprint density at radius 2 is 2.16 bits per heavy atom. The zero-order chi connectivity index (χ0) is 14.6. The van der Waals surface area contributed by atoms with E-state index in [1.165, 1.54) is 13.2 Å². The number of carbonyl (C=O) groups excluding carboxylic acids is 1. The highest BCUT2D eigenvalue weighted by Crippen LogP contribution is 2.42. The maximum atomic E-state index is 12.4. The third-order valence-electron chi connectivity index (χ3n) is 2.03. The maximum Gasteiger partial charge on any atom is 0.446 e. The van der Waals surface area contributed by atoms with Crippen LogP contribution < -0.4 is 0 Å². The van der Waals surface area contributed by atoms with Crippen LogP contribution in [-0.4, -0.2) is 18.6 Å². The van der Waals surface area contributed by atoms with Crippen LogP contribution in [0.4, 0.5) is 13.2 Å². The lowest BCUT2D eigenvalue weighted by Crippen LogP contribution is -2.07. The summed E-state index contributed by atoms with van der Waals surface area (Å²) in [5.41, 5.74) is -4.15. The summed E-state index contributed by atoms with van der Waals surface area (Å²) in [6, 6.07) is 4.22. The normalized spacial score (nSPS) is 10.9. The first kappa shape index (κ1) is 15.9. The van der Waals surface area contributed by atoms with Gasteiger partial charge in [0, 0.05) is 9.37 Å². The molecule has 0 aliphatic rings. The van der Waals surface area contributed by atoms with E-state index in [1.807, 2.05) is 0 Å². The number of ether oxygens (including phenoxy) is 1. The number of benzene rings is 1. The van der Waals surface area contributed by atoms with E-state index < -0.39 is 11.5 Å². The highest BCUT2D eigenvalue weighted by Gasteiger charge is 2.31. The number of nitrogens with zero attached hydrogens (tertiary/aromatic N) is 1. The number of halogens is 4. The molecular formula is C11H7BrF3NO2S. The summed E-state index contributed by atoms with van der Waals surface area (Å²) in [6.45, 7) is 0. The van der Waals surface area contributed by atoms with Crippen molar-refractivity contribution in [3.05, 3.63) is 27.7 Å². The fourth-order valence-corrected chi connectivity index (χ4v) is 2.54. The Kier molecular flexibility index (Phi) is 5.26. The van der Waals surface area contributed by atoms with Crippen LogP contribution in [0.3, 0.4) is 0 Å². The molecule has 0 aliphatic heterocycles. The van der Waals surface area contributed by atoms with Gasteiger partial charge in [-0.1, -0.05) is 0 Å². The van der Waals surface area contributed by atoms with Crippen molar-refractivity contribution >= 4 is 33.7 Å². The molecule has 19 heavy (non-hydrogen) atoms. The Bertz CT molecular complexity index is 540. The Labute approximate surface area is 119 Å². The number of nitriles is 1. The van der Waals surface area contributed by atoms with E-state index in [1.54, 1.807) is 6.07 Å². The molecule has 0 spiro atoms. The van der Waals surface area contributed by atoms with Crippen molar-refractivity contribution in [1.82, 2.24) is 0 Å². The largest absolute Gasteiger partial charge is 0.469 e. The van der Waals surface area contributed by atoms with Crippen LogP contribution in [0.25, 0.3) is 0 Å². The van der Waals surface area contributed by atoms with Gasteiger partial charge in [0.1, 0.15) is 0 Å². The molecule has 1 rings (SSSR count). The standard InChI is InChI=1S/C11H7BrF3NO2S/c1-18-9(17)4-7-2-6(5-16)3-8(10(7)12)19-11(13,14)15/h2-3H,4H2,1H3. The van der Waals surface area contributed by atoms with Crippen molar-refractivity contribution in [2.75, 3.05) is 7.11 Å². The minimum absolute atomic E-state index is 0.0499. The lowest BCUT2D eigenvalue weighted by Gasteiger charge is -2.11. The number of hydrogen-bond acceptors (Lipinski definition) is 4. The molecule has 0 saturated heterocycles. The second-order valence-electron chi connectivity index (χ2n) is 3.36. The van der Waals surface area contributed by atoms with Gasteiger partial charge >= 0.3 is 11.5 Å². The Morgan fingerprint density at radius 1 is 1.53 bits per heavy atom. The van der Waals surface area contributed by atoms with Crippen LogP contribution in [-0.2, 0) is 16.0 Å². The number of carbonyl (C=O) groups is 1. The van der Waals surface area contributed by atoms with Gasteiger partial charge in [-0.15, -0.1) is 0 Å². The lowest BCUT2D eigenvalue weighted by atomic mass is 10.1. The molecule has 0 amide bonds. The van der Waals surface area contributed by atoms with Crippen LogP contribution in [0.2, 0.25) is 0 Å². The summed E-state index contributed by atoms with van der Waals surface area (Å²) in [6.07, 6.45) is -0.210. The SMILES string of the molecule is COC(=O)Cc1cc(C#N)cc(SC(F)(F)F)c1Br. The Balaban J connectivity index is 3.21. The summed E-state index contributed by atoms with van der Waals surface area (Å²) in [5, 5.41) is 8.80. The van der Waals surface area contributed by atoms with Crippen LogP contribution in [0.1, 0.15) is 11.1 Å². The molecule has 0 heterocycles. The number of hydrogen-bond donors (Lipinski definition) is 0. The minimum atomic E-state index is -4.47. The van der Waals surface area contributed by atoms with E-state index >= 15 is 0 Å². The second-order valence-corrected chi connectivity index (χ2v) is 5.26. The van der Waals surface area contributed by atoms with Crippen LogP contribution >= 0.6 is 27.7 Å². The molecule has 3 nitrogen and oxygen atoms in total. The smallest absolute Gasteiger partial charge is 0.446 e. The van der Waals surface area contributed by atoms with Gasteiger partial charge in [-0.3, -0.25) is 4.79 Å². The zero-order valence-electron chi connectivity index (χ0n) is 9.55. The minimum Gasteiger partial charge on any atom is -0.469 e. The van der Waals surface area contributed by atoms with Crippen LogP contribution in [0, 0.1) is 11.3 Å². The molecule has 0 radical (unpaired) electrons. The van der Waals surface area contributed by atoms with Gasteiger partial charge in [0.05, 0.1) is 25.2 Å². The van der Waals surface area contributed by atoms with Gasteiger partial charge in [0.2, 0.25) is 0 Å². The van der Waals surface area contributed by atoms with E-state index in [0.717, 1.165) is 6.07 Å². The third kappa shape index (κ3) is 4.76. The van der Waals surface area contributed by atoms with Crippen molar-refractivity contribution in [3.63, 3.8) is 0 Å². The van der Waals surface area contributed by atoms with E-state index in [-0.39, 0.29) is 38.7 Å². The molecule has 0 unspecified atom stereocenters. The summed E-state index contributed by atoms with van der Waals surface area (Å²) in [5.74, 6) is -0.598. The van der Waals surface area contributed by atoms with Crippen molar-refractivity contribution in [1.29, 1.82) is 5.26 Å². The quantitative estimate of drug-likeness (QED) is 0.614. The second kappa shape index (κ2) is 6.30. The molecule has 1 aromatic rings.